The predicted molar refractivity (Wildman–Crippen MR) is 119 cm³/mol. The second-order valence-corrected chi connectivity index (χ2v) is 7.85. The van der Waals surface area contributed by atoms with Crippen molar-refractivity contribution in [3.63, 3.8) is 0 Å². The minimum Gasteiger partial charge on any atom is -0.497 e. The van der Waals surface area contributed by atoms with Gasteiger partial charge in [0.05, 0.1) is 19.9 Å². The highest BCUT2D eigenvalue weighted by Gasteiger charge is 2.11. The number of rotatable bonds is 6. The van der Waals surface area contributed by atoms with Crippen molar-refractivity contribution in [3.05, 3.63) is 64.0 Å². The van der Waals surface area contributed by atoms with E-state index < -0.39 is 0 Å². The van der Waals surface area contributed by atoms with Gasteiger partial charge in [-0.15, -0.1) is 11.3 Å². The van der Waals surface area contributed by atoms with Gasteiger partial charge < -0.3 is 9.47 Å². The first-order valence-corrected chi connectivity index (χ1v) is 9.99. The number of ether oxygens (including phenoxy) is 2. The maximum Gasteiger partial charge on any atom is 0.250 e. The van der Waals surface area contributed by atoms with Gasteiger partial charge in [-0.2, -0.15) is 0 Å². The minimum atomic E-state index is -0.213. The lowest BCUT2D eigenvalue weighted by Crippen LogP contribution is -2.07. The van der Waals surface area contributed by atoms with E-state index in [0.717, 1.165) is 44.3 Å². The number of nitrogens with zero attached hydrogens (tertiary/aromatic N) is 1. The van der Waals surface area contributed by atoms with E-state index in [4.69, 9.17) is 9.47 Å². The van der Waals surface area contributed by atoms with Crippen LogP contribution in [0.15, 0.2) is 42.5 Å². The molecule has 6 heteroatoms. The Bertz CT molecular complexity index is 1030. The summed E-state index contributed by atoms with van der Waals surface area (Å²) in [5, 5.41) is 3.43. The molecule has 0 spiro atoms. The summed E-state index contributed by atoms with van der Waals surface area (Å²) in [7, 11) is 3.28. The smallest absolute Gasteiger partial charge is 0.250 e. The van der Waals surface area contributed by atoms with Crippen molar-refractivity contribution in [1.29, 1.82) is 0 Å². The van der Waals surface area contributed by atoms with Crippen LogP contribution in [0.5, 0.6) is 11.5 Å². The molecule has 3 aromatic rings. The predicted octanol–water partition coefficient (Wildman–Crippen LogP) is 5.40. The normalized spacial score (nSPS) is 10.9. The molecule has 150 valence electrons. The lowest BCUT2D eigenvalue weighted by molar-refractivity contribution is -0.111. The van der Waals surface area contributed by atoms with Crippen LogP contribution in [-0.2, 0) is 4.79 Å². The van der Waals surface area contributed by atoms with Crippen LogP contribution in [0.25, 0.3) is 17.3 Å². The Morgan fingerprint density at radius 3 is 2.21 bits per heavy atom. The Morgan fingerprint density at radius 2 is 1.62 bits per heavy atom. The van der Waals surface area contributed by atoms with Crippen molar-refractivity contribution >= 4 is 28.5 Å². The van der Waals surface area contributed by atoms with Crippen molar-refractivity contribution in [2.75, 3.05) is 19.5 Å². The van der Waals surface area contributed by atoms with Gasteiger partial charge in [-0.1, -0.05) is 0 Å². The minimum absolute atomic E-state index is 0.213. The van der Waals surface area contributed by atoms with Crippen LogP contribution in [0.2, 0.25) is 0 Å². The Kier molecular flexibility index (Phi) is 6.34. The molecule has 0 radical (unpaired) electrons. The van der Waals surface area contributed by atoms with E-state index in [1.165, 1.54) is 17.4 Å². The molecule has 0 bridgehead atoms. The zero-order valence-corrected chi connectivity index (χ0v) is 18.0. The summed E-state index contributed by atoms with van der Waals surface area (Å²) in [5.41, 5.74) is 4.96. The maximum absolute atomic E-state index is 12.4. The fourth-order valence-electron chi connectivity index (χ4n) is 3.09. The molecule has 0 aliphatic heterocycles. The Hall–Kier alpha value is -3.12. The Morgan fingerprint density at radius 1 is 1.00 bits per heavy atom. The number of aromatic nitrogens is 1. The summed E-state index contributed by atoms with van der Waals surface area (Å²) in [6, 6.07) is 11.6. The van der Waals surface area contributed by atoms with Crippen LogP contribution in [0.4, 0.5) is 5.13 Å². The van der Waals surface area contributed by atoms with Gasteiger partial charge in [0.1, 0.15) is 11.5 Å². The van der Waals surface area contributed by atoms with Gasteiger partial charge in [0.15, 0.2) is 5.13 Å². The second kappa shape index (κ2) is 8.92. The molecule has 1 aromatic heterocycles. The topological polar surface area (TPSA) is 60.5 Å². The third-order valence-corrected chi connectivity index (χ3v) is 5.48. The highest BCUT2D eigenvalue weighted by atomic mass is 32.1. The molecule has 0 aliphatic carbocycles. The van der Waals surface area contributed by atoms with Gasteiger partial charge in [-0.3, -0.25) is 10.1 Å². The van der Waals surface area contributed by atoms with Crippen LogP contribution in [0.3, 0.4) is 0 Å². The Labute approximate surface area is 175 Å². The highest BCUT2D eigenvalue weighted by molar-refractivity contribution is 7.16. The maximum atomic E-state index is 12.4. The number of carbonyl (C=O) groups excluding carboxylic acids is 1. The number of aryl methyl sites for hydroxylation is 3. The molecular weight excluding hydrogens is 384 g/mol. The molecule has 0 atom stereocenters. The van der Waals surface area contributed by atoms with Gasteiger partial charge in [0.25, 0.3) is 0 Å². The number of nitrogens with one attached hydrogen (secondary N) is 1. The lowest BCUT2D eigenvalue weighted by Gasteiger charge is -2.08. The van der Waals surface area contributed by atoms with E-state index in [2.05, 4.69) is 10.3 Å². The van der Waals surface area contributed by atoms with Crippen LogP contribution < -0.4 is 14.8 Å². The summed E-state index contributed by atoms with van der Waals surface area (Å²) < 4.78 is 10.5. The van der Waals surface area contributed by atoms with Gasteiger partial charge in [-0.25, -0.2) is 4.98 Å². The number of anilines is 1. The number of benzene rings is 2. The average molecular weight is 409 g/mol. The standard InChI is InChI=1S/C23H24N2O3S/c1-14-12-19(28-5)13-15(2)20(14)10-11-21(26)24-23-25-22(16(3)29-23)17-6-8-18(27-4)9-7-17/h6-13H,1-5H3,(H,24,25,26)/b11-10+. The molecule has 0 fully saturated rings. The summed E-state index contributed by atoms with van der Waals surface area (Å²) in [5.74, 6) is 1.39. The zero-order chi connectivity index (χ0) is 21.0. The number of methoxy groups -OCH3 is 2. The fourth-order valence-corrected chi connectivity index (χ4v) is 3.93. The number of thiazole rings is 1. The molecule has 5 nitrogen and oxygen atoms in total. The summed E-state index contributed by atoms with van der Waals surface area (Å²) in [6.45, 7) is 5.99. The van der Waals surface area contributed by atoms with E-state index in [-0.39, 0.29) is 5.91 Å². The van der Waals surface area contributed by atoms with E-state index in [1.807, 2.05) is 63.2 Å². The molecule has 1 N–H and O–H groups in total. The number of carbonyl (C=O) groups is 1. The molecule has 0 unspecified atom stereocenters. The van der Waals surface area contributed by atoms with Gasteiger partial charge >= 0.3 is 0 Å². The first-order chi connectivity index (χ1) is 13.9. The first-order valence-electron chi connectivity index (χ1n) is 9.17. The first kappa shape index (κ1) is 20.6. The molecule has 2 aromatic carbocycles. The summed E-state index contributed by atoms with van der Waals surface area (Å²) in [4.78, 5) is 18.0. The fraction of sp³-hybridized carbons (Fsp3) is 0.217. The van der Waals surface area contributed by atoms with Crippen LogP contribution >= 0.6 is 11.3 Å². The van der Waals surface area contributed by atoms with E-state index in [0.29, 0.717) is 5.13 Å². The highest BCUT2D eigenvalue weighted by Crippen LogP contribution is 2.31. The van der Waals surface area contributed by atoms with Crippen molar-refractivity contribution in [2.24, 2.45) is 0 Å². The van der Waals surface area contributed by atoms with Crippen LogP contribution in [0.1, 0.15) is 21.6 Å². The van der Waals surface area contributed by atoms with Crippen molar-refractivity contribution < 1.29 is 14.3 Å². The lowest BCUT2D eigenvalue weighted by atomic mass is 10.0. The third-order valence-electron chi connectivity index (χ3n) is 4.59. The van der Waals surface area contributed by atoms with E-state index in [9.17, 15) is 4.79 Å². The van der Waals surface area contributed by atoms with Gasteiger partial charge in [0, 0.05) is 16.5 Å². The van der Waals surface area contributed by atoms with Gasteiger partial charge in [0.2, 0.25) is 5.91 Å². The SMILES string of the molecule is COc1ccc(-c2nc(NC(=O)/C=C/c3c(C)cc(OC)cc3C)sc2C)cc1. The monoisotopic (exact) mass is 408 g/mol. The second-order valence-electron chi connectivity index (χ2n) is 6.65. The Balaban J connectivity index is 1.74. The average Bonchev–Trinajstić information content (AvgIpc) is 3.07. The van der Waals surface area contributed by atoms with Gasteiger partial charge in [-0.05, 0) is 79.9 Å². The molecule has 3 rings (SSSR count). The zero-order valence-electron chi connectivity index (χ0n) is 17.2. The molecule has 0 saturated heterocycles. The van der Waals surface area contributed by atoms with Crippen LogP contribution in [-0.4, -0.2) is 25.1 Å². The van der Waals surface area contributed by atoms with Crippen molar-refractivity contribution in [2.45, 2.75) is 20.8 Å². The third kappa shape index (κ3) is 4.84. The van der Waals surface area contributed by atoms with Crippen LogP contribution in [0, 0.1) is 20.8 Å². The quantitative estimate of drug-likeness (QED) is 0.555. The molecular formula is C23H24N2O3S. The summed E-state index contributed by atoms with van der Waals surface area (Å²) >= 11 is 1.46. The summed E-state index contributed by atoms with van der Waals surface area (Å²) in [6.07, 6.45) is 3.36. The molecule has 0 saturated carbocycles. The molecule has 1 amide bonds. The number of hydrogen-bond acceptors (Lipinski definition) is 5. The van der Waals surface area contributed by atoms with E-state index in [1.54, 1.807) is 14.2 Å². The van der Waals surface area contributed by atoms with Crippen molar-refractivity contribution in [3.8, 4) is 22.8 Å². The van der Waals surface area contributed by atoms with E-state index >= 15 is 0 Å². The molecule has 0 aliphatic rings. The largest absolute Gasteiger partial charge is 0.497 e. The number of hydrogen-bond donors (Lipinski definition) is 1. The molecule has 1 heterocycles. The number of amides is 1. The van der Waals surface area contributed by atoms with Crippen molar-refractivity contribution in [1.82, 2.24) is 4.98 Å². The molecule has 29 heavy (non-hydrogen) atoms.